The van der Waals surface area contributed by atoms with Gasteiger partial charge in [0.05, 0.1) is 24.1 Å². The molecular formula is C35H35N3O2S. The van der Waals surface area contributed by atoms with Gasteiger partial charge >= 0.3 is 0 Å². The van der Waals surface area contributed by atoms with Crippen molar-refractivity contribution in [2.24, 2.45) is 5.92 Å². The van der Waals surface area contributed by atoms with Crippen LogP contribution in [0.1, 0.15) is 40.0 Å². The number of amides is 1. The highest BCUT2D eigenvalue weighted by Gasteiger charge is 2.27. The molecule has 3 aromatic carbocycles. The van der Waals surface area contributed by atoms with Crippen molar-refractivity contribution in [3.8, 4) is 27.7 Å². The molecule has 3 heterocycles. The van der Waals surface area contributed by atoms with Gasteiger partial charge in [-0.2, -0.15) is 0 Å². The maximum atomic E-state index is 13.9. The molecule has 5 aromatic rings. The van der Waals surface area contributed by atoms with Gasteiger partial charge in [-0.05, 0) is 73.6 Å². The lowest BCUT2D eigenvalue weighted by Gasteiger charge is -2.32. The normalized spacial score (nSPS) is 13.9. The Morgan fingerprint density at radius 1 is 0.927 bits per heavy atom. The predicted molar refractivity (Wildman–Crippen MR) is 167 cm³/mol. The van der Waals surface area contributed by atoms with Crippen molar-refractivity contribution in [2.45, 2.75) is 32.7 Å². The molecule has 208 valence electrons. The molecule has 41 heavy (non-hydrogen) atoms. The maximum Gasteiger partial charge on any atom is 0.255 e. The minimum Gasteiger partial charge on any atom is -0.497 e. The third-order valence-electron chi connectivity index (χ3n) is 8.15. The van der Waals surface area contributed by atoms with Crippen molar-refractivity contribution in [3.05, 3.63) is 119 Å². The van der Waals surface area contributed by atoms with E-state index < -0.39 is 0 Å². The molecule has 1 amide bonds. The average molecular weight is 562 g/mol. The summed E-state index contributed by atoms with van der Waals surface area (Å²) in [5.41, 5.74) is 7.25. The molecule has 0 bridgehead atoms. The summed E-state index contributed by atoms with van der Waals surface area (Å²) in [5.74, 6) is 1.57. The molecule has 6 heteroatoms. The molecule has 1 fully saturated rings. The number of carbonyl (C=O) groups excluding carboxylic acids is 1. The lowest BCUT2D eigenvalue weighted by atomic mass is 9.90. The first-order chi connectivity index (χ1) is 20.1. The van der Waals surface area contributed by atoms with E-state index in [9.17, 15) is 4.79 Å². The Kier molecular flexibility index (Phi) is 8.01. The number of rotatable bonds is 8. The summed E-state index contributed by atoms with van der Waals surface area (Å²) in [7, 11) is 1.67. The summed E-state index contributed by atoms with van der Waals surface area (Å²) >= 11 is 1.62. The molecule has 0 radical (unpaired) electrons. The number of likely N-dealkylation sites (tertiary alicyclic amines) is 1. The number of carbonyl (C=O) groups is 1. The first-order valence-corrected chi connectivity index (χ1v) is 15.1. The number of methoxy groups -OCH3 is 1. The van der Waals surface area contributed by atoms with Crippen LogP contribution in [0, 0.1) is 12.8 Å². The molecule has 0 unspecified atom stereocenters. The van der Waals surface area contributed by atoms with Gasteiger partial charge in [-0.15, -0.1) is 11.3 Å². The van der Waals surface area contributed by atoms with Crippen molar-refractivity contribution < 1.29 is 9.53 Å². The van der Waals surface area contributed by atoms with Gasteiger partial charge in [0.2, 0.25) is 0 Å². The van der Waals surface area contributed by atoms with Gasteiger partial charge in [0, 0.05) is 36.3 Å². The van der Waals surface area contributed by atoms with Gasteiger partial charge in [0.25, 0.3) is 5.91 Å². The monoisotopic (exact) mass is 561 g/mol. The van der Waals surface area contributed by atoms with Crippen LogP contribution in [-0.2, 0) is 13.0 Å². The zero-order chi connectivity index (χ0) is 28.2. The van der Waals surface area contributed by atoms with Crippen LogP contribution >= 0.6 is 11.3 Å². The molecule has 2 aromatic heterocycles. The lowest BCUT2D eigenvalue weighted by Crippen LogP contribution is -2.39. The minimum atomic E-state index is 0.124. The molecule has 1 aliphatic rings. The highest BCUT2D eigenvalue weighted by Crippen LogP contribution is 2.33. The van der Waals surface area contributed by atoms with Crippen molar-refractivity contribution in [1.82, 2.24) is 14.5 Å². The summed E-state index contributed by atoms with van der Waals surface area (Å²) in [5, 5.41) is 3.04. The van der Waals surface area contributed by atoms with E-state index in [2.05, 4.69) is 77.5 Å². The SMILES string of the molecule is COc1ccc(-c2nc(-c3cc(C(=O)N4CCC(Cc5ccccc5)CC4)c(C)n3Cc3ccccc3)cs2)cc1. The highest BCUT2D eigenvalue weighted by atomic mass is 32.1. The quantitative estimate of drug-likeness (QED) is 0.195. The van der Waals surface area contributed by atoms with Crippen LogP contribution in [0.25, 0.3) is 22.0 Å². The number of hydrogen-bond donors (Lipinski definition) is 0. The average Bonchev–Trinajstić information content (AvgIpc) is 3.63. The van der Waals surface area contributed by atoms with Gasteiger partial charge in [-0.25, -0.2) is 4.98 Å². The Balaban J connectivity index is 1.26. The second-order valence-electron chi connectivity index (χ2n) is 10.8. The molecular weight excluding hydrogens is 526 g/mol. The standard InChI is InChI=1S/C35H35N3O2S/c1-25-31(35(39)37-19-17-27(18-20-37)21-26-9-5-3-6-10-26)22-33(38(25)23-28-11-7-4-8-12-28)32-24-41-34(36-32)29-13-15-30(40-2)16-14-29/h3-16,22,24,27H,17-21,23H2,1-2H3. The number of piperidine rings is 1. The van der Waals surface area contributed by atoms with Crippen molar-refractivity contribution >= 4 is 17.2 Å². The van der Waals surface area contributed by atoms with E-state index in [0.717, 1.165) is 71.3 Å². The second-order valence-corrected chi connectivity index (χ2v) is 11.7. The van der Waals surface area contributed by atoms with Crippen molar-refractivity contribution in [2.75, 3.05) is 20.2 Å². The topological polar surface area (TPSA) is 47.4 Å². The van der Waals surface area contributed by atoms with E-state index in [1.54, 1.807) is 18.4 Å². The molecule has 1 saturated heterocycles. The fourth-order valence-electron chi connectivity index (χ4n) is 5.76. The molecule has 0 saturated carbocycles. The van der Waals surface area contributed by atoms with Crippen LogP contribution in [0.5, 0.6) is 5.75 Å². The second kappa shape index (κ2) is 12.1. The molecule has 0 N–H and O–H groups in total. The molecule has 0 aliphatic carbocycles. The van der Waals surface area contributed by atoms with Crippen LogP contribution in [0.2, 0.25) is 0 Å². The zero-order valence-electron chi connectivity index (χ0n) is 23.6. The van der Waals surface area contributed by atoms with Crippen molar-refractivity contribution in [1.29, 1.82) is 0 Å². The van der Waals surface area contributed by atoms with Gasteiger partial charge in [0.1, 0.15) is 10.8 Å². The van der Waals surface area contributed by atoms with Crippen LogP contribution in [0.15, 0.2) is 96.4 Å². The predicted octanol–water partition coefficient (Wildman–Crippen LogP) is 7.74. The lowest BCUT2D eigenvalue weighted by molar-refractivity contribution is 0.0689. The fourth-order valence-corrected chi connectivity index (χ4v) is 6.58. The van der Waals surface area contributed by atoms with E-state index in [0.29, 0.717) is 12.5 Å². The third kappa shape index (κ3) is 5.98. The smallest absolute Gasteiger partial charge is 0.255 e. The summed E-state index contributed by atoms with van der Waals surface area (Å²) in [4.78, 5) is 21.0. The number of aromatic nitrogens is 2. The Hall–Kier alpha value is -4.16. The van der Waals surface area contributed by atoms with Crippen LogP contribution < -0.4 is 4.74 Å². The fraction of sp³-hybridized carbons (Fsp3) is 0.257. The summed E-state index contributed by atoms with van der Waals surface area (Å²) in [6.07, 6.45) is 3.16. The Morgan fingerprint density at radius 2 is 1.59 bits per heavy atom. The maximum absolute atomic E-state index is 13.9. The largest absolute Gasteiger partial charge is 0.497 e. The van der Waals surface area contributed by atoms with Crippen LogP contribution in [0.3, 0.4) is 0 Å². The van der Waals surface area contributed by atoms with Crippen LogP contribution in [0.4, 0.5) is 0 Å². The first-order valence-electron chi connectivity index (χ1n) is 14.3. The van der Waals surface area contributed by atoms with Crippen LogP contribution in [-0.4, -0.2) is 40.6 Å². The number of ether oxygens (including phenoxy) is 1. The van der Waals surface area contributed by atoms with Crippen molar-refractivity contribution in [3.63, 3.8) is 0 Å². The molecule has 5 nitrogen and oxygen atoms in total. The number of benzene rings is 3. The van der Waals surface area contributed by atoms with E-state index in [1.165, 1.54) is 11.1 Å². The summed E-state index contributed by atoms with van der Waals surface area (Å²) < 4.78 is 7.56. The van der Waals surface area contributed by atoms with E-state index >= 15 is 0 Å². The molecule has 0 spiro atoms. The number of hydrogen-bond acceptors (Lipinski definition) is 4. The van der Waals surface area contributed by atoms with E-state index in [4.69, 9.17) is 9.72 Å². The van der Waals surface area contributed by atoms with Gasteiger partial charge in [-0.3, -0.25) is 4.79 Å². The number of nitrogens with zero attached hydrogens (tertiary/aromatic N) is 3. The zero-order valence-corrected chi connectivity index (χ0v) is 24.4. The highest BCUT2D eigenvalue weighted by molar-refractivity contribution is 7.13. The summed E-state index contributed by atoms with van der Waals surface area (Å²) in [6, 6.07) is 31.1. The van der Waals surface area contributed by atoms with E-state index in [-0.39, 0.29) is 5.91 Å². The first kappa shape index (κ1) is 27.0. The Labute approximate surface area is 246 Å². The van der Waals surface area contributed by atoms with Gasteiger partial charge in [0.15, 0.2) is 0 Å². The van der Waals surface area contributed by atoms with Gasteiger partial charge in [-0.1, -0.05) is 60.7 Å². The third-order valence-corrected chi connectivity index (χ3v) is 9.04. The molecule has 6 rings (SSSR count). The molecule has 1 aliphatic heterocycles. The molecule has 0 atom stereocenters. The minimum absolute atomic E-state index is 0.124. The Bertz CT molecular complexity index is 1600. The van der Waals surface area contributed by atoms with Gasteiger partial charge < -0.3 is 14.2 Å². The number of thiazole rings is 1. The summed E-state index contributed by atoms with van der Waals surface area (Å²) in [6.45, 7) is 4.35. The Morgan fingerprint density at radius 3 is 2.24 bits per heavy atom. The van der Waals surface area contributed by atoms with E-state index in [1.807, 2.05) is 35.2 Å².